The average molecular weight is 237 g/mol. The summed E-state index contributed by atoms with van der Waals surface area (Å²) in [6.45, 7) is 2.55. The number of aliphatic carboxylic acids is 1. The third-order valence-corrected chi connectivity index (χ3v) is 3.01. The Morgan fingerprint density at radius 1 is 1.59 bits per heavy atom. The molecule has 1 aliphatic rings. The van der Waals surface area contributed by atoms with Gasteiger partial charge in [0.25, 0.3) is 0 Å². The quantitative estimate of drug-likeness (QED) is 0.839. The Morgan fingerprint density at radius 2 is 2.35 bits per heavy atom. The van der Waals surface area contributed by atoms with Crippen LogP contribution in [0.1, 0.15) is 18.4 Å². The van der Waals surface area contributed by atoms with E-state index in [0.717, 1.165) is 12.0 Å². The molecule has 2 heterocycles. The fourth-order valence-electron chi connectivity index (χ4n) is 2.20. The molecule has 6 heteroatoms. The molecule has 0 amide bonds. The van der Waals surface area contributed by atoms with Crippen LogP contribution in [0.25, 0.3) is 0 Å². The molecule has 0 saturated carbocycles. The number of rotatable bonds is 3. The Balaban J connectivity index is 2.36. The highest BCUT2D eigenvalue weighted by Crippen LogP contribution is 2.29. The van der Waals surface area contributed by atoms with E-state index in [-0.39, 0.29) is 0 Å². The molecule has 1 aromatic heterocycles. The first kappa shape index (κ1) is 11.6. The highest BCUT2D eigenvalue weighted by Gasteiger charge is 2.32. The minimum absolute atomic E-state index is 0.492. The second-order valence-corrected chi connectivity index (χ2v) is 4.02. The Bertz CT molecular complexity index is 436. The van der Waals surface area contributed by atoms with E-state index in [1.54, 1.807) is 0 Å². The van der Waals surface area contributed by atoms with Crippen LogP contribution in [-0.2, 0) is 4.79 Å². The number of hydrogen-bond acceptors (Lipinski definition) is 5. The van der Waals surface area contributed by atoms with Gasteiger partial charge in [0.1, 0.15) is 18.2 Å². The van der Waals surface area contributed by atoms with Crippen LogP contribution in [0.5, 0.6) is 5.88 Å². The number of carboxylic acid groups (broad SMARTS) is 1. The first-order valence-corrected chi connectivity index (χ1v) is 5.50. The third kappa shape index (κ3) is 2.02. The molecule has 2 rings (SSSR count). The van der Waals surface area contributed by atoms with Crippen molar-refractivity contribution in [3.63, 3.8) is 0 Å². The number of methoxy groups -OCH3 is 1. The molecule has 0 radical (unpaired) electrons. The minimum Gasteiger partial charge on any atom is -0.481 e. The lowest BCUT2D eigenvalue weighted by atomic mass is 10.2. The molecule has 0 spiro atoms. The molecule has 92 valence electrons. The van der Waals surface area contributed by atoms with Gasteiger partial charge in [-0.15, -0.1) is 0 Å². The van der Waals surface area contributed by atoms with Gasteiger partial charge < -0.3 is 14.7 Å². The molecule has 0 bridgehead atoms. The molecule has 1 aliphatic heterocycles. The number of ether oxygens (including phenoxy) is 1. The normalized spacial score (nSPS) is 19.4. The number of anilines is 1. The van der Waals surface area contributed by atoms with Gasteiger partial charge in [-0.3, -0.25) is 0 Å². The van der Waals surface area contributed by atoms with E-state index in [9.17, 15) is 4.79 Å². The van der Waals surface area contributed by atoms with Crippen LogP contribution in [0.3, 0.4) is 0 Å². The van der Waals surface area contributed by atoms with Crippen LogP contribution < -0.4 is 9.64 Å². The van der Waals surface area contributed by atoms with Crippen molar-refractivity contribution in [2.75, 3.05) is 18.6 Å². The van der Waals surface area contributed by atoms with Crippen molar-refractivity contribution in [1.82, 2.24) is 9.97 Å². The summed E-state index contributed by atoms with van der Waals surface area (Å²) < 4.78 is 5.12. The molecule has 17 heavy (non-hydrogen) atoms. The van der Waals surface area contributed by atoms with Crippen molar-refractivity contribution in [1.29, 1.82) is 0 Å². The Morgan fingerprint density at radius 3 is 3.00 bits per heavy atom. The van der Waals surface area contributed by atoms with E-state index < -0.39 is 12.0 Å². The van der Waals surface area contributed by atoms with Crippen molar-refractivity contribution in [3.8, 4) is 5.88 Å². The van der Waals surface area contributed by atoms with Crippen LogP contribution in [0.4, 0.5) is 5.82 Å². The smallest absolute Gasteiger partial charge is 0.326 e. The molecule has 1 atom stereocenters. The summed E-state index contributed by atoms with van der Waals surface area (Å²) in [5.41, 5.74) is 0.781. The Hall–Kier alpha value is -1.85. The zero-order chi connectivity index (χ0) is 12.4. The second-order valence-electron chi connectivity index (χ2n) is 4.02. The largest absolute Gasteiger partial charge is 0.481 e. The number of carboxylic acids is 1. The van der Waals surface area contributed by atoms with E-state index in [0.29, 0.717) is 24.7 Å². The van der Waals surface area contributed by atoms with E-state index in [2.05, 4.69) is 9.97 Å². The number of hydrogen-bond donors (Lipinski definition) is 1. The zero-order valence-corrected chi connectivity index (χ0v) is 9.88. The van der Waals surface area contributed by atoms with Gasteiger partial charge in [0, 0.05) is 6.54 Å². The van der Waals surface area contributed by atoms with Crippen LogP contribution >= 0.6 is 0 Å². The van der Waals surface area contributed by atoms with E-state index in [4.69, 9.17) is 9.84 Å². The lowest BCUT2D eigenvalue weighted by Crippen LogP contribution is -2.37. The fraction of sp³-hybridized carbons (Fsp3) is 0.545. The molecule has 1 saturated heterocycles. The van der Waals surface area contributed by atoms with E-state index in [1.165, 1.54) is 13.4 Å². The van der Waals surface area contributed by atoms with E-state index >= 15 is 0 Å². The maximum Gasteiger partial charge on any atom is 0.326 e. The third-order valence-electron chi connectivity index (χ3n) is 3.01. The maximum absolute atomic E-state index is 11.1. The molecule has 1 fully saturated rings. The lowest BCUT2D eigenvalue weighted by molar-refractivity contribution is -0.138. The fourth-order valence-corrected chi connectivity index (χ4v) is 2.20. The standard InChI is InChI=1S/C11H15N3O3/c1-7-9(12-6-13-10(7)17-2)14-5-3-4-8(14)11(15)16/h6,8H,3-5H2,1-2H3,(H,15,16). The predicted octanol–water partition coefficient (Wildman–Crippen LogP) is 0.847. The number of carbonyl (C=O) groups is 1. The van der Waals surface area contributed by atoms with Gasteiger partial charge in [0.05, 0.1) is 12.7 Å². The summed E-state index contributed by atoms with van der Waals surface area (Å²) in [6, 6.07) is -0.492. The van der Waals surface area contributed by atoms with Gasteiger partial charge in [-0.2, -0.15) is 0 Å². The molecule has 0 aliphatic carbocycles. The van der Waals surface area contributed by atoms with Gasteiger partial charge in [0.2, 0.25) is 5.88 Å². The Kier molecular flexibility index (Phi) is 3.12. The lowest BCUT2D eigenvalue weighted by Gasteiger charge is -2.24. The highest BCUT2D eigenvalue weighted by molar-refractivity contribution is 5.79. The average Bonchev–Trinajstić information content (AvgIpc) is 2.78. The number of aromatic nitrogens is 2. The van der Waals surface area contributed by atoms with Gasteiger partial charge in [-0.05, 0) is 19.8 Å². The summed E-state index contributed by atoms with van der Waals surface area (Å²) in [5.74, 6) is 0.340. The summed E-state index contributed by atoms with van der Waals surface area (Å²) in [4.78, 5) is 21.1. The SMILES string of the molecule is COc1ncnc(N2CCCC2C(=O)O)c1C. The topological polar surface area (TPSA) is 75.6 Å². The molecule has 0 aromatic carbocycles. The van der Waals surface area contributed by atoms with Crippen LogP contribution in [0.2, 0.25) is 0 Å². The highest BCUT2D eigenvalue weighted by atomic mass is 16.5. The van der Waals surface area contributed by atoms with Crippen LogP contribution in [0.15, 0.2) is 6.33 Å². The van der Waals surface area contributed by atoms with Gasteiger partial charge in [-0.25, -0.2) is 14.8 Å². The van der Waals surface area contributed by atoms with Crippen molar-refractivity contribution < 1.29 is 14.6 Å². The van der Waals surface area contributed by atoms with Gasteiger partial charge >= 0.3 is 5.97 Å². The first-order valence-electron chi connectivity index (χ1n) is 5.50. The maximum atomic E-state index is 11.1. The van der Waals surface area contributed by atoms with E-state index in [1.807, 2.05) is 11.8 Å². The van der Waals surface area contributed by atoms with Crippen LogP contribution in [-0.4, -0.2) is 40.7 Å². The Labute approximate surface area is 99.2 Å². The molecule has 1 aromatic rings. The molecule has 1 unspecified atom stereocenters. The van der Waals surface area contributed by atoms with Gasteiger partial charge in [-0.1, -0.05) is 0 Å². The second kappa shape index (κ2) is 4.57. The molecular formula is C11H15N3O3. The molecule has 1 N–H and O–H groups in total. The monoisotopic (exact) mass is 237 g/mol. The minimum atomic E-state index is -0.806. The zero-order valence-electron chi connectivity index (χ0n) is 9.88. The summed E-state index contributed by atoms with van der Waals surface area (Å²) in [6.07, 6.45) is 2.92. The van der Waals surface area contributed by atoms with Crippen molar-refractivity contribution in [2.45, 2.75) is 25.8 Å². The predicted molar refractivity (Wildman–Crippen MR) is 61.3 cm³/mol. The number of nitrogens with zero attached hydrogens (tertiary/aromatic N) is 3. The first-order chi connectivity index (χ1) is 8.15. The van der Waals surface area contributed by atoms with Crippen LogP contribution in [0, 0.1) is 6.92 Å². The van der Waals surface area contributed by atoms with Crippen molar-refractivity contribution in [2.24, 2.45) is 0 Å². The molecular weight excluding hydrogens is 222 g/mol. The van der Waals surface area contributed by atoms with Gasteiger partial charge in [0.15, 0.2) is 0 Å². The summed E-state index contributed by atoms with van der Waals surface area (Å²) >= 11 is 0. The van der Waals surface area contributed by atoms with Crippen molar-refractivity contribution >= 4 is 11.8 Å². The van der Waals surface area contributed by atoms with Crippen molar-refractivity contribution in [3.05, 3.63) is 11.9 Å². The summed E-state index contributed by atoms with van der Waals surface area (Å²) in [7, 11) is 1.54. The molecule has 6 nitrogen and oxygen atoms in total. The summed E-state index contributed by atoms with van der Waals surface area (Å²) in [5, 5.41) is 9.15.